The van der Waals surface area contributed by atoms with Gasteiger partial charge < -0.3 is 13.7 Å². The number of hydrogen-bond donors (Lipinski definition) is 0. The standard InChI is InChI=1S/C23H22BNO3/c1-22(2)23(3,4)28-24(27-22)17-11-16(13-25-14-17)15-9-10-21-19(12-15)18-7-5-6-8-20(18)26-21/h5-14H,1-4H3. The summed E-state index contributed by atoms with van der Waals surface area (Å²) >= 11 is 0. The van der Waals surface area contributed by atoms with Crippen molar-refractivity contribution in [3.05, 3.63) is 60.9 Å². The molecule has 0 radical (unpaired) electrons. The molecule has 2 aromatic carbocycles. The van der Waals surface area contributed by atoms with E-state index in [1.807, 2.05) is 36.7 Å². The van der Waals surface area contributed by atoms with Crippen LogP contribution in [0.4, 0.5) is 0 Å². The average molecular weight is 371 g/mol. The molecular formula is C23H22BNO3. The Labute approximate surface area is 164 Å². The quantitative estimate of drug-likeness (QED) is 0.468. The zero-order valence-electron chi connectivity index (χ0n) is 16.5. The molecule has 1 aliphatic rings. The van der Waals surface area contributed by atoms with Gasteiger partial charge in [0.1, 0.15) is 11.2 Å². The Balaban J connectivity index is 1.56. The lowest BCUT2D eigenvalue weighted by Crippen LogP contribution is -2.41. The van der Waals surface area contributed by atoms with Gasteiger partial charge in [0.15, 0.2) is 0 Å². The van der Waals surface area contributed by atoms with Crippen molar-refractivity contribution in [2.45, 2.75) is 38.9 Å². The topological polar surface area (TPSA) is 44.5 Å². The molecular weight excluding hydrogens is 349 g/mol. The fourth-order valence-electron chi connectivity index (χ4n) is 3.63. The lowest BCUT2D eigenvalue weighted by atomic mass is 9.79. The second-order valence-electron chi connectivity index (χ2n) is 8.40. The average Bonchev–Trinajstić information content (AvgIpc) is 3.15. The maximum Gasteiger partial charge on any atom is 0.496 e. The van der Waals surface area contributed by atoms with Crippen LogP contribution in [0.3, 0.4) is 0 Å². The van der Waals surface area contributed by atoms with E-state index < -0.39 is 7.12 Å². The number of rotatable bonds is 2. The third kappa shape index (κ3) is 2.66. The Kier molecular flexibility index (Phi) is 3.70. The fourth-order valence-corrected chi connectivity index (χ4v) is 3.63. The summed E-state index contributed by atoms with van der Waals surface area (Å²) in [6.45, 7) is 8.23. The Morgan fingerprint density at radius 3 is 2.25 bits per heavy atom. The molecule has 28 heavy (non-hydrogen) atoms. The summed E-state index contributed by atoms with van der Waals surface area (Å²) < 4.78 is 18.3. The molecule has 4 aromatic rings. The first-order chi connectivity index (χ1) is 13.3. The number of hydrogen-bond acceptors (Lipinski definition) is 4. The number of pyridine rings is 1. The van der Waals surface area contributed by atoms with Gasteiger partial charge in [0.25, 0.3) is 0 Å². The van der Waals surface area contributed by atoms with Crippen LogP contribution in [0.15, 0.2) is 65.3 Å². The van der Waals surface area contributed by atoms with Crippen molar-refractivity contribution in [2.75, 3.05) is 0 Å². The first kappa shape index (κ1) is 17.5. The van der Waals surface area contributed by atoms with Crippen LogP contribution >= 0.6 is 0 Å². The van der Waals surface area contributed by atoms with Crippen molar-refractivity contribution in [2.24, 2.45) is 0 Å². The molecule has 1 fully saturated rings. The van der Waals surface area contributed by atoms with Gasteiger partial charge in [0, 0.05) is 28.6 Å². The smallest absolute Gasteiger partial charge is 0.456 e. The normalized spacial score (nSPS) is 18.2. The molecule has 0 unspecified atom stereocenters. The van der Waals surface area contributed by atoms with Gasteiger partial charge in [-0.05, 0) is 57.0 Å². The van der Waals surface area contributed by atoms with E-state index in [1.54, 1.807) is 0 Å². The molecule has 0 saturated carbocycles. The van der Waals surface area contributed by atoms with Crippen LogP contribution in [0.5, 0.6) is 0 Å². The Morgan fingerprint density at radius 1 is 0.750 bits per heavy atom. The molecule has 2 aromatic heterocycles. The van der Waals surface area contributed by atoms with Gasteiger partial charge in [-0.2, -0.15) is 0 Å². The number of para-hydroxylation sites is 1. The van der Waals surface area contributed by atoms with Crippen LogP contribution in [0.2, 0.25) is 0 Å². The van der Waals surface area contributed by atoms with E-state index in [1.165, 1.54) is 0 Å². The van der Waals surface area contributed by atoms with E-state index in [9.17, 15) is 0 Å². The van der Waals surface area contributed by atoms with Gasteiger partial charge in [-0.15, -0.1) is 0 Å². The third-order valence-electron chi connectivity index (χ3n) is 5.99. The zero-order valence-corrected chi connectivity index (χ0v) is 16.5. The molecule has 3 heterocycles. The fraction of sp³-hybridized carbons (Fsp3) is 0.261. The summed E-state index contributed by atoms with van der Waals surface area (Å²) in [4.78, 5) is 4.45. The van der Waals surface area contributed by atoms with Crippen LogP contribution in [0.25, 0.3) is 33.1 Å². The Morgan fingerprint density at radius 2 is 1.46 bits per heavy atom. The Hall–Kier alpha value is -2.63. The lowest BCUT2D eigenvalue weighted by molar-refractivity contribution is 0.00578. The largest absolute Gasteiger partial charge is 0.496 e. The molecule has 0 spiro atoms. The summed E-state index contributed by atoms with van der Waals surface area (Å²) in [6, 6.07) is 16.4. The second-order valence-corrected chi connectivity index (χ2v) is 8.40. The van der Waals surface area contributed by atoms with Gasteiger partial charge in [-0.1, -0.05) is 30.3 Å². The van der Waals surface area contributed by atoms with Crippen molar-refractivity contribution in [1.29, 1.82) is 0 Å². The van der Waals surface area contributed by atoms with Crippen molar-refractivity contribution in [3.63, 3.8) is 0 Å². The van der Waals surface area contributed by atoms with Gasteiger partial charge >= 0.3 is 7.12 Å². The van der Waals surface area contributed by atoms with E-state index in [-0.39, 0.29) is 11.2 Å². The first-order valence-corrected chi connectivity index (χ1v) is 9.56. The maximum absolute atomic E-state index is 6.18. The molecule has 0 amide bonds. The zero-order chi connectivity index (χ0) is 19.5. The minimum Gasteiger partial charge on any atom is -0.456 e. The minimum atomic E-state index is -0.420. The number of nitrogens with zero attached hydrogens (tertiary/aromatic N) is 1. The van der Waals surface area contributed by atoms with Crippen LogP contribution in [-0.4, -0.2) is 23.3 Å². The molecule has 5 heteroatoms. The summed E-state index contributed by atoms with van der Waals surface area (Å²) in [5.74, 6) is 0. The molecule has 1 aliphatic heterocycles. The van der Waals surface area contributed by atoms with Gasteiger partial charge in [0.2, 0.25) is 0 Å². The lowest BCUT2D eigenvalue weighted by Gasteiger charge is -2.32. The maximum atomic E-state index is 6.18. The van der Waals surface area contributed by atoms with Crippen molar-refractivity contribution >= 4 is 34.5 Å². The molecule has 4 nitrogen and oxygen atoms in total. The van der Waals surface area contributed by atoms with Crippen LogP contribution < -0.4 is 5.46 Å². The van der Waals surface area contributed by atoms with E-state index in [0.29, 0.717) is 0 Å². The number of furan rings is 1. The number of benzene rings is 2. The van der Waals surface area contributed by atoms with Crippen LogP contribution in [-0.2, 0) is 9.31 Å². The van der Waals surface area contributed by atoms with Crippen molar-refractivity contribution < 1.29 is 13.7 Å². The summed E-state index contributed by atoms with van der Waals surface area (Å²) in [5, 5.41) is 2.23. The SMILES string of the molecule is CC1(C)OB(c2cncc(-c3ccc4oc5ccccc5c4c3)c2)OC1(C)C. The van der Waals surface area contributed by atoms with Crippen LogP contribution in [0, 0.1) is 0 Å². The Bertz CT molecular complexity index is 1180. The third-order valence-corrected chi connectivity index (χ3v) is 5.99. The second kappa shape index (κ2) is 5.93. The van der Waals surface area contributed by atoms with Crippen molar-refractivity contribution in [3.8, 4) is 11.1 Å². The number of aromatic nitrogens is 1. The summed E-state index contributed by atoms with van der Waals surface area (Å²) in [5.41, 5.74) is 4.08. The summed E-state index contributed by atoms with van der Waals surface area (Å²) in [7, 11) is -0.420. The molecule has 1 saturated heterocycles. The number of fused-ring (bicyclic) bond motifs is 3. The molecule has 0 atom stereocenters. The van der Waals surface area contributed by atoms with E-state index in [2.05, 4.69) is 56.9 Å². The molecule has 0 N–H and O–H groups in total. The van der Waals surface area contributed by atoms with E-state index >= 15 is 0 Å². The predicted octanol–water partition coefficient (Wildman–Crippen LogP) is 4.95. The first-order valence-electron chi connectivity index (χ1n) is 9.56. The van der Waals surface area contributed by atoms with Gasteiger partial charge in [0.05, 0.1) is 11.2 Å². The minimum absolute atomic E-state index is 0.373. The summed E-state index contributed by atoms with van der Waals surface area (Å²) in [6.07, 6.45) is 3.69. The van der Waals surface area contributed by atoms with Gasteiger partial charge in [-0.25, -0.2) is 0 Å². The highest BCUT2D eigenvalue weighted by Crippen LogP contribution is 2.37. The highest BCUT2D eigenvalue weighted by atomic mass is 16.7. The van der Waals surface area contributed by atoms with Crippen LogP contribution in [0.1, 0.15) is 27.7 Å². The molecule has 0 bridgehead atoms. The molecule has 140 valence electrons. The van der Waals surface area contributed by atoms with E-state index in [4.69, 9.17) is 13.7 Å². The van der Waals surface area contributed by atoms with E-state index in [0.717, 1.165) is 38.5 Å². The predicted molar refractivity (Wildman–Crippen MR) is 113 cm³/mol. The highest BCUT2D eigenvalue weighted by molar-refractivity contribution is 6.62. The molecule has 5 rings (SSSR count). The van der Waals surface area contributed by atoms with Crippen molar-refractivity contribution in [1.82, 2.24) is 4.98 Å². The highest BCUT2D eigenvalue weighted by Gasteiger charge is 2.51. The molecule has 0 aliphatic carbocycles. The monoisotopic (exact) mass is 371 g/mol. The van der Waals surface area contributed by atoms with Gasteiger partial charge in [-0.3, -0.25) is 4.98 Å².